The molecule has 0 spiro atoms. The first-order valence-electron chi connectivity index (χ1n) is 6.24. The summed E-state index contributed by atoms with van der Waals surface area (Å²) < 4.78 is 1.65. The molecule has 19 heavy (non-hydrogen) atoms. The van der Waals surface area contributed by atoms with E-state index < -0.39 is 0 Å². The molecule has 2 rings (SSSR count). The Bertz CT molecular complexity index is 589. The lowest BCUT2D eigenvalue weighted by molar-refractivity contribution is 0.102. The third-order valence-corrected chi connectivity index (χ3v) is 2.75. The van der Waals surface area contributed by atoms with Crippen LogP contribution in [0.1, 0.15) is 22.8 Å². The molecule has 0 aliphatic heterocycles. The molecular weight excluding hydrogens is 240 g/mol. The summed E-state index contributed by atoms with van der Waals surface area (Å²) in [6.07, 6.45) is 3.39. The van der Waals surface area contributed by atoms with Crippen LogP contribution in [0.5, 0.6) is 0 Å². The number of rotatable bonds is 4. The molecule has 0 atom stereocenters. The van der Waals surface area contributed by atoms with Gasteiger partial charge in [0.25, 0.3) is 5.91 Å². The number of nitrogens with one attached hydrogen (secondary N) is 2. The van der Waals surface area contributed by atoms with Crippen LogP contribution < -0.4 is 10.6 Å². The third-order valence-electron chi connectivity index (χ3n) is 2.75. The highest BCUT2D eigenvalue weighted by molar-refractivity contribution is 6.08. The van der Waals surface area contributed by atoms with Crippen LogP contribution in [0.15, 0.2) is 30.6 Å². The Labute approximate surface area is 112 Å². The Morgan fingerprint density at radius 3 is 2.84 bits per heavy atom. The number of aromatic nitrogens is 2. The Kier molecular flexibility index (Phi) is 3.85. The molecule has 0 fully saturated rings. The van der Waals surface area contributed by atoms with Crippen molar-refractivity contribution in [1.82, 2.24) is 9.78 Å². The highest BCUT2D eigenvalue weighted by Gasteiger charge is 2.12. The molecule has 0 saturated carbocycles. The SMILES string of the molecule is CCNc1cc(C)ccc1C(=O)Nc1cnn(C)c1. The molecule has 0 saturated heterocycles. The van der Waals surface area contributed by atoms with Gasteiger partial charge in [-0.05, 0) is 31.5 Å². The molecule has 2 aromatic rings. The fourth-order valence-electron chi connectivity index (χ4n) is 1.88. The largest absolute Gasteiger partial charge is 0.385 e. The summed E-state index contributed by atoms with van der Waals surface area (Å²) >= 11 is 0. The van der Waals surface area contributed by atoms with Gasteiger partial charge in [-0.1, -0.05) is 6.07 Å². The maximum atomic E-state index is 12.2. The topological polar surface area (TPSA) is 59.0 Å². The summed E-state index contributed by atoms with van der Waals surface area (Å²) in [7, 11) is 1.81. The lowest BCUT2D eigenvalue weighted by Gasteiger charge is -2.11. The Balaban J connectivity index is 2.23. The summed E-state index contributed by atoms with van der Waals surface area (Å²) in [6.45, 7) is 4.78. The molecule has 1 amide bonds. The van der Waals surface area contributed by atoms with Crippen LogP contribution in [-0.4, -0.2) is 22.2 Å². The summed E-state index contributed by atoms with van der Waals surface area (Å²) in [5.74, 6) is -0.135. The number of carbonyl (C=O) groups excluding carboxylic acids is 1. The van der Waals surface area contributed by atoms with Crippen molar-refractivity contribution in [1.29, 1.82) is 0 Å². The van der Waals surface area contributed by atoms with Crippen molar-refractivity contribution in [2.45, 2.75) is 13.8 Å². The zero-order valence-corrected chi connectivity index (χ0v) is 11.4. The quantitative estimate of drug-likeness (QED) is 0.885. The van der Waals surface area contributed by atoms with E-state index in [4.69, 9.17) is 0 Å². The highest BCUT2D eigenvalue weighted by Crippen LogP contribution is 2.19. The van der Waals surface area contributed by atoms with E-state index in [1.807, 2.05) is 39.1 Å². The van der Waals surface area contributed by atoms with E-state index in [1.165, 1.54) is 0 Å². The number of nitrogens with zero attached hydrogens (tertiary/aromatic N) is 2. The second-order valence-corrected chi connectivity index (χ2v) is 4.44. The Hall–Kier alpha value is -2.30. The maximum Gasteiger partial charge on any atom is 0.257 e. The molecule has 2 N–H and O–H groups in total. The van der Waals surface area contributed by atoms with Gasteiger partial charge in [0.2, 0.25) is 0 Å². The number of hydrogen-bond acceptors (Lipinski definition) is 3. The van der Waals surface area contributed by atoms with Crippen molar-refractivity contribution in [2.24, 2.45) is 7.05 Å². The summed E-state index contributed by atoms with van der Waals surface area (Å²) in [5.41, 5.74) is 3.30. The lowest BCUT2D eigenvalue weighted by Crippen LogP contribution is -2.14. The number of amides is 1. The average molecular weight is 258 g/mol. The molecule has 0 aliphatic rings. The van der Waals surface area contributed by atoms with Gasteiger partial charge in [0.1, 0.15) is 0 Å². The molecule has 1 aromatic carbocycles. The van der Waals surface area contributed by atoms with Gasteiger partial charge in [-0.3, -0.25) is 9.48 Å². The zero-order valence-electron chi connectivity index (χ0n) is 11.4. The van der Waals surface area contributed by atoms with Crippen LogP contribution in [0.2, 0.25) is 0 Å². The second-order valence-electron chi connectivity index (χ2n) is 4.44. The molecule has 0 radical (unpaired) electrons. The fourth-order valence-corrected chi connectivity index (χ4v) is 1.88. The van der Waals surface area contributed by atoms with Gasteiger partial charge in [0, 0.05) is 25.5 Å². The number of anilines is 2. The first-order valence-corrected chi connectivity index (χ1v) is 6.24. The van der Waals surface area contributed by atoms with Gasteiger partial charge in [-0.25, -0.2) is 0 Å². The molecule has 1 aromatic heterocycles. The summed E-state index contributed by atoms with van der Waals surface area (Å²) in [4.78, 5) is 12.2. The first-order chi connectivity index (χ1) is 9.10. The predicted octanol–water partition coefficient (Wildman–Crippen LogP) is 2.41. The normalized spacial score (nSPS) is 10.3. The molecule has 5 heteroatoms. The zero-order chi connectivity index (χ0) is 13.8. The van der Waals surface area contributed by atoms with Crippen molar-refractivity contribution in [2.75, 3.05) is 17.2 Å². The van der Waals surface area contributed by atoms with Crippen LogP contribution in [0, 0.1) is 6.92 Å². The molecule has 5 nitrogen and oxygen atoms in total. The predicted molar refractivity (Wildman–Crippen MR) is 76.5 cm³/mol. The van der Waals surface area contributed by atoms with Crippen molar-refractivity contribution >= 4 is 17.3 Å². The van der Waals surface area contributed by atoms with E-state index in [9.17, 15) is 4.79 Å². The first kappa shape index (κ1) is 13.1. The van der Waals surface area contributed by atoms with Crippen LogP contribution in [0.3, 0.4) is 0 Å². The van der Waals surface area contributed by atoms with E-state index >= 15 is 0 Å². The van der Waals surface area contributed by atoms with Crippen molar-refractivity contribution in [3.8, 4) is 0 Å². The van der Waals surface area contributed by atoms with Gasteiger partial charge in [0.05, 0.1) is 17.4 Å². The van der Waals surface area contributed by atoms with Crippen molar-refractivity contribution < 1.29 is 4.79 Å². The van der Waals surface area contributed by atoms with Gasteiger partial charge in [0.15, 0.2) is 0 Å². The third kappa shape index (κ3) is 3.13. The van der Waals surface area contributed by atoms with Crippen LogP contribution in [-0.2, 0) is 7.05 Å². The van der Waals surface area contributed by atoms with Crippen LogP contribution in [0.25, 0.3) is 0 Å². The molecule has 0 bridgehead atoms. The molecular formula is C14H18N4O. The van der Waals surface area contributed by atoms with Crippen LogP contribution in [0.4, 0.5) is 11.4 Å². The van der Waals surface area contributed by atoms with Gasteiger partial charge in [-0.15, -0.1) is 0 Å². The van der Waals surface area contributed by atoms with Crippen molar-refractivity contribution in [3.05, 3.63) is 41.7 Å². The summed E-state index contributed by atoms with van der Waals surface area (Å²) in [5, 5.41) is 10.1. The fraction of sp³-hybridized carbons (Fsp3) is 0.286. The second kappa shape index (κ2) is 5.56. The average Bonchev–Trinajstić information content (AvgIpc) is 2.75. The minimum atomic E-state index is -0.135. The number of hydrogen-bond donors (Lipinski definition) is 2. The molecule has 1 heterocycles. The minimum Gasteiger partial charge on any atom is -0.385 e. The van der Waals surface area contributed by atoms with E-state index in [0.717, 1.165) is 17.8 Å². The van der Waals surface area contributed by atoms with Gasteiger partial charge >= 0.3 is 0 Å². The van der Waals surface area contributed by atoms with Crippen molar-refractivity contribution in [3.63, 3.8) is 0 Å². The standard InChI is InChI=1S/C14H18N4O/c1-4-15-13-7-10(2)5-6-12(13)14(19)17-11-8-16-18(3)9-11/h5-9,15H,4H2,1-3H3,(H,17,19). The Morgan fingerprint density at radius 1 is 1.42 bits per heavy atom. The van der Waals surface area contributed by atoms with Gasteiger partial charge in [-0.2, -0.15) is 5.10 Å². The highest BCUT2D eigenvalue weighted by atomic mass is 16.1. The van der Waals surface area contributed by atoms with E-state index in [-0.39, 0.29) is 5.91 Å². The van der Waals surface area contributed by atoms with E-state index in [1.54, 1.807) is 17.1 Å². The maximum absolute atomic E-state index is 12.2. The smallest absolute Gasteiger partial charge is 0.257 e. The monoisotopic (exact) mass is 258 g/mol. The summed E-state index contributed by atoms with van der Waals surface area (Å²) in [6, 6.07) is 5.74. The molecule has 0 aliphatic carbocycles. The van der Waals surface area contributed by atoms with Gasteiger partial charge < -0.3 is 10.6 Å². The van der Waals surface area contributed by atoms with E-state index in [0.29, 0.717) is 11.3 Å². The number of benzene rings is 1. The minimum absolute atomic E-state index is 0.135. The molecule has 100 valence electrons. The molecule has 0 unspecified atom stereocenters. The van der Waals surface area contributed by atoms with Crippen LogP contribution >= 0.6 is 0 Å². The Morgan fingerprint density at radius 2 is 2.21 bits per heavy atom. The number of aryl methyl sites for hydroxylation is 2. The lowest BCUT2D eigenvalue weighted by atomic mass is 10.1. The number of carbonyl (C=O) groups is 1. The van der Waals surface area contributed by atoms with E-state index in [2.05, 4.69) is 15.7 Å².